The minimum Gasteiger partial charge on any atom is -0.494 e. The fourth-order valence-corrected chi connectivity index (χ4v) is 3.44. The molecule has 0 N–H and O–H groups in total. The first kappa shape index (κ1) is 11.9. The maximum Gasteiger partial charge on any atom is 0.263 e. The molecule has 0 aliphatic carbocycles. The van der Waals surface area contributed by atoms with E-state index >= 15 is 0 Å². The van der Waals surface area contributed by atoms with Gasteiger partial charge in [0.25, 0.3) is 5.56 Å². The number of aryl methyl sites for hydroxylation is 1. The molecule has 2 aromatic heterocycles. The zero-order valence-electron chi connectivity index (χ0n) is 10.5. The molecule has 5 heteroatoms. The lowest BCUT2D eigenvalue weighted by Gasteiger charge is -2.06. The Labute approximate surface area is 112 Å². The molecule has 0 radical (unpaired) electrons. The number of methoxy groups -OCH3 is 1. The van der Waals surface area contributed by atoms with Gasteiger partial charge < -0.3 is 9.30 Å². The highest BCUT2D eigenvalue weighted by Gasteiger charge is 2.19. The monoisotopic (exact) mass is 273 g/mol. The van der Waals surface area contributed by atoms with Crippen molar-refractivity contribution in [1.29, 1.82) is 0 Å². The molecule has 96 valence electrons. The van der Waals surface area contributed by atoms with Crippen molar-refractivity contribution in [3.05, 3.63) is 39.5 Å². The Hall–Kier alpha value is -2.14. The van der Waals surface area contributed by atoms with Crippen LogP contribution in [-0.2, 0) is 7.05 Å². The third-order valence-electron chi connectivity index (χ3n) is 3.23. The molecule has 0 atom stereocenters. The highest BCUT2D eigenvalue weighted by Crippen LogP contribution is 2.38. The average Bonchev–Trinajstić information content (AvgIpc) is 2.83. The van der Waals surface area contributed by atoms with E-state index in [2.05, 4.69) is 0 Å². The Morgan fingerprint density at radius 1 is 1.32 bits per heavy atom. The lowest BCUT2D eigenvalue weighted by atomic mass is 10.1. The topological polar surface area (TPSA) is 48.3 Å². The average molecular weight is 273 g/mol. The van der Waals surface area contributed by atoms with Crippen molar-refractivity contribution in [2.24, 2.45) is 7.05 Å². The molecule has 3 rings (SSSR count). The van der Waals surface area contributed by atoms with Crippen molar-refractivity contribution >= 4 is 38.6 Å². The second kappa shape index (κ2) is 4.20. The van der Waals surface area contributed by atoms with E-state index < -0.39 is 0 Å². The molecule has 0 amide bonds. The number of hydrogen-bond acceptors (Lipinski definition) is 4. The Morgan fingerprint density at radius 3 is 2.74 bits per heavy atom. The summed E-state index contributed by atoms with van der Waals surface area (Å²) in [6.07, 6.45) is 0.734. The predicted octanol–water partition coefficient (Wildman–Crippen LogP) is 2.57. The molecular weight excluding hydrogens is 262 g/mol. The smallest absolute Gasteiger partial charge is 0.263 e. The molecule has 2 heterocycles. The summed E-state index contributed by atoms with van der Waals surface area (Å²) in [6, 6.07) is 7.64. The van der Waals surface area contributed by atoms with Gasteiger partial charge in [0.1, 0.15) is 10.3 Å². The number of carbonyl (C=O) groups excluding carboxylic acids is 1. The molecule has 0 fully saturated rings. The molecule has 0 aliphatic heterocycles. The van der Waals surface area contributed by atoms with Gasteiger partial charge in [0, 0.05) is 12.4 Å². The summed E-state index contributed by atoms with van der Waals surface area (Å²) in [7, 11) is 3.20. The van der Waals surface area contributed by atoms with Gasteiger partial charge in [0.05, 0.1) is 17.3 Å². The van der Waals surface area contributed by atoms with Gasteiger partial charge in [0.2, 0.25) is 0 Å². The number of aromatic nitrogens is 1. The first-order valence-corrected chi connectivity index (χ1v) is 6.54. The van der Waals surface area contributed by atoms with Gasteiger partial charge in [-0.3, -0.25) is 9.59 Å². The number of para-hydroxylation sites is 1. The maximum absolute atomic E-state index is 12.4. The van der Waals surface area contributed by atoms with E-state index in [4.69, 9.17) is 4.74 Å². The molecule has 0 aliphatic rings. The molecule has 1 aromatic carbocycles. The summed E-state index contributed by atoms with van der Waals surface area (Å²) in [5.74, 6) is 0.376. The van der Waals surface area contributed by atoms with E-state index in [-0.39, 0.29) is 5.56 Å². The van der Waals surface area contributed by atoms with E-state index in [0.29, 0.717) is 16.0 Å². The summed E-state index contributed by atoms with van der Waals surface area (Å²) in [4.78, 5) is 24.0. The van der Waals surface area contributed by atoms with E-state index in [1.807, 2.05) is 24.3 Å². The van der Waals surface area contributed by atoms with Crippen molar-refractivity contribution in [1.82, 2.24) is 4.57 Å². The number of thiophene rings is 1. The highest BCUT2D eigenvalue weighted by atomic mass is 32.1. The van der Waals surface area contributed by atoms with Gasteiger partial charge >= 0.3 is 0 Å². The lowest BCUT2D eigenvalue weighted by Crippen LogP contribution is -2.17. The van der Waals surface area contributed by atoms with Crippen LogP contribution in [-0.4, -0.2) is 18.0 Å². The van der Waals surface area contributed by atoms with Crippen LogP contribution in [0.15, 0.2) is 29.1 Å². The Morgan fingerprint density at radius 2 is 2.05 bits per heavy atom. The number of ether oxygens (including phenoxy) is 1. The van der Waals surface area contributed by atoms with Gasteiger partial charge in [-0.1, -0.05) is 18.2 Å². The third kappa shape index (κ3) is 1.51. The van der Waals surface area contributed by atoms with Gasteiger partial charge in [-0.15, -0.1) is 11.3 Å². The number of rotatable bonds is 2. The zero-order chi connectivity index (χ0) is 13.6. The number of fused-ring (bicyclic) bond motifs is 3. The van der Waals surface area contributed by atoms with Crippen LogP contribution in [0.1, 0.15) is 9.67 Å². The van der Waals surface area contributed by atoms with Crippen LogP contribution in [0.25, 0.3) is 21.0 Å². The molecule has 19 heavy (non-hydrogen) atoms. The largest absolute Gasteiger partial charge is 0.494 e. The van der Waals surface area contributed by atoms with Crippen molar-refractivity contribution < 1.29 is 9.53 Å². The number of aldehydes is 1. The molecular formula is C14H11NO3S. The quantitative estimate of drug-likeness (QED) is 0.674. The summed E-state index contributed by atoms with van der Waals surface area (Å²) in [6.45, 7) is 0. The summed E-state index contributed by atoms with van der Waals surface area (Å²) < 4.78 is 7.63. The van der Waals surface area contributed by atoms with Gasteiger partial charge in [-0.25, -0.2) is 0 Å². The summed E-state index contributed by atoms with van der Waals surface area (Å²) in [5.41, 5.74) is 0.705. The normalized spacial score (nSPS) is 11.1. The fourth-order valence-electron chi connectivity index (χ4n) is 2.33. The van der Waals surface area contributed by atoms with Gasteiger partial charge in [-0.05, 0) is 6.07 Å². The number of carbonyl (C=O) groups is 1. The SMILES string of the molecule is COc1c(C=O)sc2c1c(=O)n(C)c1ccccc21. The fraction of sp³-hybridized carbons (Fsp3) is 0.143. The lowest BCUT2D eigenvalue weighted by molar-refractivity contribution is 0.112. The first-order valence-electron chi connectivity index (χ1n) is 5.72. The molecule has 0 saturated carbocycles. The van der Waals surface area contributed by atoms with E-state index in [1.165, 1.54) is 18.4 Å². The summed E-state index contributed by atoms with van der Waals surface area (Å²) >= 11 is 1.29. The standard InChI is InChI=1S/C14H11NO3S/c1-15-9-6-4-3-5-8(9)13-11(14(15)17)12(18-2)10(7-16)19-13/h3-7H,1-2H3. The van der Waals surface area contributed by atoms with Gasteiger partial charge in [-0.2, -0.15) is 0 Å². The first-order chi connectivity index (χ1) is 9.19. The number of benzene rings is 1. The molecule has 0 saturated heterocycles. The zero-order valence-corrected chi connectivity index (χ0v) is 11.3. The molecule has 4 nitrogen and oxygen atoms in total. The van der Waals surface area contributed by atoms with E-state index in [1.54, 1.807) is 11.6 Å². The second-order valence-electron chi connectivity index (χ2n) is 4.20. The van der Waals surface area contributed by atoms with Crippen molar-refractivity contribution in [3.8, 4) is 5.75 Å². The van der Waals surface area contributed by atoms with Crippen LogP contribution >= 0.6 is 11.3 Å². The third-order valence-corrected chi connectivity index (χ3v) is 4.36. The van der Waals surface area contributed by atoms with Crippen LogP contribution < -0.4 is 10.3 Å². The van der Waals surface area contributed by atoms with Crippen LogP contribution in [0.3, 0.4) is 0 Å². The minimum atomic E-state index is -0.144. The summed E-state index contributed by atoms with van der Waals surface area (Å²) in [5, 5.41) is 1.44. The van der Waals surface area contributed by atoms with E-state index in [9.17, 15) is 9.59 Å². The highest BCUT2D eigenvalue weighted by molar-refractivity contribution is 7.22. The Kier molecular flexibility index (Phi) is 2.64. The maximum atomic E-state index is 12.4. The molecule has 3 aromatic rings. The molecule has 0 spiro atoms. The number of pyridine rings is 1. The Bertz CT molecular complexity index is 860. The molecule has 0 bridgehead atoms. The Balaban J connectivity index is 2.68. The van der Waals surface area contributed by atoms with E-state index in [0.717, 1.165) is 21.9 Å². The van der Waals surface area contributed by atoms with Crippen LogP contribution in [0.2, 0.25) is 0 Å². The minimum absolute atomic E-state index is 0.144. The second-order valence-corrected chi connectivity index (χ2v) is 5.26. The van der Waals surface area contributed by atoms with Gasteiger partial charge in [0.15, 0.2) is 12.0 Å². The van der Waals surface area contributed by atoms with Crippen LogP contribution in [0, 0.1) is 0 Å². The predicted molar refractivity (Wildman–Crippen MR) is 76.5 cm³/mol. The van der Waals surface area contributed by atoms with Crippen LogP contribution in [0.5, 0.6) is 5.75 Å². The van der Waals surface area contributed by atoms with Crippen molar-refractivity contribution in [2.75, 3.05) is 7.11 Å². The molecule has 0 unspecified atom stereocenters. The number of hydrogen-bond donors (Lipinski definition) is 0. The van der Waals surface area contributed by atoms with Crippen molar-refractivity contribution in [3.63, 3.8) is 0 Å². The number of nitrogens with zero attached hydrogens (tertiary/aromatic N) is 1. The van der Waals surface area contributed by atoms with Crippen LogP contribution in [0.4, 0.5) is 0 Å². The van der Waals surface area contributed by atoms with Crippen molar-refractivity contribution in [2.45, 2.75) is 0 Å².